The molecular weight excluding hydrogens is 369 g/mol. The van der Waals surface area contributed by atoms with Crippen molar-refractivity contribution in [2.24, 2.45) is 5.92 Å². The molecular formula is C21H19Cl2NO2. The van der Waals surface area contributed by atoms with E-state index in [9.17, 15) is 4.79 Å². The normalized spacial score (nSPS) is 23.1. The number of carbonyl (C=O) groups is 1. The first-order chi connectivity index (χ1) is 12.6. The highest BCUT2D eigenvalue weighted by molar-refractivity contribution is 6.42. The number of halogens is 2. The summed E-state index contributed by atoms with van der Waals surface area (Å²) in [5.41, 5.74) is 3.48. The molecule has 0 unspecified atom stereocenters. The predicted molar refractivity (Wildman–Crippen MR) is 105 cm³/mol. The van der Waals surface area contributed by atoms with Crippen LogP contribution in [0.1, 0.15) is 46.8 Å². The second-order valence-electron chi connectivity index (χ2n) is 6.61. The number of ether oxygens (including phenoxy) is 1. The molecule has 4 rings (SSSR count). The summed E-state index contributed by atoms with van der Waals surface area (Å²) >= 11 is 12.8. The van der Waals surface area contributed by atoms with Gasteiger partial charge in [-0.1, -0.05) is 59.6 Å². The number of benzene rings is 2. The van der Waals surface area contributed by atoms with E-state index in [1.807, 2.05) is 25.1 Å². The maximum atomic E-state index is 12.4. The Labute approximate surface area is 163 Å². The lowest BCUT2D eigenvalue weighted by molar-refractivity contribution is 0.0527. The maximum absolute atomic E-state index is 12.4. The van der Waals surface area contributed by atoms with E-state index >= 15 is 0 Å². The average molecular weight is 388 g/mol. The summed E-state index contributed by atoms with van der Waals surface area (Å²) < 4.78 is 5.25. The van der Waals surface area contributed by atoms with Gasteiger partial charge in [-0.05, 0) is 42.5 Å². The van der Waals surface area contributed by atoms with Gasteiger partial charge in [-0.3, -0.25) is 0 Å². The van der Waals surface area contributed by atoms with Gasteiger partial charge in [0.25, 0.3) is 0 Å². The predicted octanol–water partition coefficient (Wildman–Crippen LogP) is 6.00. The fourth-order valence-electron chi connectivity index (χ4n) is 4.07. The minimum atomic E-state index is -0.312. The molecule has 2 aromatic rings. The third-order valence-electron chi connectivity index (χ3n) is 5.21. The first kappa shape index (κ1) is 17.4. The SMILES string of the molecule is CCOC(=O)c1cccc2c1N[C@H](c1cccc(Cl)c1Cl)[C@H]1CC=C[C@@H]21. The van der Waals surface area contributed by atoms with E-state index in [1.54, 1.807) is 12.1 Å². The third kappa shape index (κ3) is 2.80. The molecule has 2 aromatic carbocycles. The molecule has 1 aliphatic carbocycles. The summed E-state index contributed by atoms with van der Waals surface area (Å²) in [6.07, 6.45) is 5.38. The number of fused-ring (bicyclic) bond motifs is 3. The first-order valence-electron chi connectivity index (χ1n) is 8.79. The number of carbonyl (C=O) groups excluding carboxylic acids is 1. The van der Waals surface area contributed by atoms with E-state index in [-0.39, 0.29) is 17.9 Å². The van der Waals surface area contributed by atoms with Crippen molar-refractivity contribution in [2.45, 2.75) is 25.3 Å². The Balaban J connectivity index is 1.83. The molecule has 0 radical (unpaired) electrons. The third-order valence-corrected chi connectivity index (χ3v) is 6.04. The molecule has 134 valence electrons. The van der Waals surface area contributed by atoms with Gasteiger partial charge in [0.15, 0.2) is 0 Å². The number of rotatable bonds is 3. The molecule has 5 heteroatoms. The molecule has 0 saturated carbocycles. The van der Waals surface area contributed by atoms with Crippen LogP contribution in [0.2, 0.25) is 10.0 Å². The van der Waals surface area contributed by atoms with Gasteiger partial charge in [0.2, 0.25) is 0 Å². The lowest BCUT2D eigenvalue weighted by atomic mass is 9.76. The largest absolute Gasteiger partial charge is 0.462 e. The van der Waals surface area contributed by atoms with Crippen LogP contribution < -0.4 is 5.32 Å². The Morgan fingerprint density at radius 3 is 2.77 bits per heavy atom. The van der Waals surface area contributed by atoms with Crippen LogP contribution in [0.15, 0.2) is 48.6 Å². The number of hydrogen-bond acceptors (Lipinski definition) is 3. The van der Waals surface area contributed by atoms with Gasteiger partial charge in [0.05, 0.1) is 33.9 Å². The Morgan fingerprint density at radius 1 is 1.19 bits per heavy atom. The minimum Gasteiger partial charge on any atom is -0.462 e. The molecule has 1 heterocycles. The molecule has 0 bridgehead atoms. The van der Waals surface area contributed by atoms with Gasteiger partial charge in [0, 0.05) is 5.92 Å². The summed E-state index contributed by atoms with van der Waals surface area (Å²) in [6.45, 7) is 2.16. The number of anilines is 1. The highest BCUT2D eigenvalue weighted by Gasteiger charge is 2.40. The van der Waals surface area contributed by atoms with E-state index < -0.39 is 0 Å². The Morgan fingerprint density at radius 2 is 1.96 bits per heavy atom. The van der Waals surface area contributed by atoms with E-state index in [1.165, 1.54) is 0 Å². The minimum absolute atomic E-state index is 0.0238. The van der Waals surface area contributed by atoms with Gasteiger partial charge < -0.3 is 10.1 Å². The average Bonchev–Trinajstić information content (AvgIpc) is 3.13. The second-order valence-corrected chi connectivity index (χ2v) is 7.39. The lowest BCUT2D eigenvalue weighted by Crippen LogP contribution is -2.30. The van der Waals surface area contributed by atoms with Crippen molar-refractivity contribution < 1.29 is 9.53 Å². The number of hydrogen-bond donors (Lipinski definition) is 1. The molecule has 3 atom stereocenters. The molecule has 1 N–H and O–H groups in total. The van der Waals surface area contributed by atoms with Crippen molar-refractivity contribution in [3.8, 4) is 0 Å². The van der Waals surface area contributed by atoms with Gasteiger partial charge in [-0.2, -0.15) is 0 Å². The summed E-state index contributed by atoms with van der Waals surface area (Å²) in [5.74, 6) is 0.254. The van der Waals surface area contributed by atoms with Crippen LogP contribution in [0.3, 0.4) is 0 Å². The zero-order valence-corrected chi connectivity index (χ0v) is 15.8. The lowest BCUT2D eigenvalue weighted by Gasteiger charge is -2.38. The zero-order chi connectivity index (χ0) is 18.3. The number of para-hydroxylation sites is 1. The summed E-state index contributed by atoms with van der Waals surface area (Å²) in [7, 11) is 0. The van der Waals surface area contributed by atoms with Crippen LogP contribution >= 0.6 is 23.2 Å². The summed E-state index contributed by atoms with van der Waals surface area (Å²) in [4.78, 5) is 12.4. The van der Waals surface area contributed by atoms with Crippen molar-refractivity contribution in [3.05, 3.63) is 75.3 Å². The smallest absolute Gasteiger partial charge is 0.340 e. The molecule has 26 heavy (non-hydrogen) atoms. The molecule has 0 saturated heterocycles. The number of esters is 1. The van der Waals surface area contributed by atoms with Gasteiger partial charge in [0.1, 0.15) is 0 Å². The molecule has 1 aliphatic heterocycles. The Bertz CT molecular complexity index is 894. The summed E-state index contributed by atoms with van der Waals surface area (Å²) in [6, 6.07) is 11.5. The number of nitrogens with one attached hydrogen (secondary N) is 1. The van der Waals surface area contributed by atoms with Crippen LogP contribution in [0.25, 0.3) is 0 Å². The molecule has 0 spiro atoms. The fourth-order valence-corrected chi connectivity index (χ4v) is 4.49. The second kappa shape index (κ2) is 6.98. The highest BCUT2D eigenvalue weighted by atomic mass is 35.5. The van der Waals surface area contributed by atoms with Crippen LogP contribution in [0.4, 0.5) is 5.69 Å². The zero-order valence-electron chi connectivity index (χ0n) is 14.3. The van der Waals surface area contributed by atoms with Gasteiger partial charge >= 0.3 is 5.97 Å². The quantitative estimate of drug-likeness (QED) is 0.518. The highest BCUT2D eigenvalue weighted by Crippen LogP contribution is 2.52. The van der Waals surface area contributed by atoms with Gasteiger partial charge in [-0.25, -0.2) is 4.79 Å². The van der Waals surface area contributed by atoms with Crippen molar-refractivity contribution in [1.29, 1.82) is 0 Å². The van der Waals surface area contributed by atoms with Crippen LogP contribution in [0.5, 0.6) is 0 Å². The molecule has 0 amide bonds. The van der Waals surface area contributed by atoms with Crippen molar-refractivity contribution >= 4 is 34.9 Å². The Hall–Kier alpha value is -1.97. The van der Waals surface area contributed by atoms with E-state index in [2.05, 4.69) is 23.5 Å². The van der Waals surface area contributed by atoms with Crippen LogP contribution in [-0.4, -0.2) is 12.6 Å². The molecule has 3 nitrogen and oxygen atoms in total. The van der Waals surface area contributed by atoms with E-state index in [4.69, 9.17) is 27.9 Å². The standard InChI is InChI=1S/C21H19Cl2NO2/c1-2-26-21(25)16-10-4-8-14-12-6-3-7-13(12)19(24-20(14)16)15-9-5-11-17(22)18(15)23/h3-6,8-13,19,24H,2,7H2,1H3/t12-,13+,19+/m1/s1. The topological polar surface area (TPSA) is 38.3 Å². The van der Waals surface area contributed by atoms with E-state index in [0.29, 0.717) is 28.1 Å². The molecule has 0 fully saturated rings. The number of allylic oxidation sites excluding steroid dienone is 2. The van der Waals surface area contributed by atoms with E-state index in [0.717, 1.165) is 23.2 Å². The van der Waals surface area contributed by atoms with Crippen molar-refractivity contribution in [1.82, 2.24) is 0 Å². The van der Waals surface area contributed by atoms with Crippen molar-refractivity contribution in [2.75, 3.05) is 11.9 Å². The maximum Gasteiger partial charge on any atom is 0.340 e. The monoisotopic (exact) mass is 387 g/mol. The van der Waals surface area contributed by atoms with Crippen LogP contribution in [-0.2, 0) is 4.74 Å². The molecule has 2 aliphatic rings. The van der Waals surface area contributed by atoms with Crippen LogP contribution in [0, 0.1) is 5.92 Å². The summed E-state index contributed by atoms with van der Waals surface area (Å²) in [5, 5.41) is 4.68. The van der Waals surface area contributed by atoms with Gasteiger partial charge in [-0.15, -0.1) is 0 Å². The van der Waals surface area contributed by atoms with Crippen molar-refractivity contribution in [3.63, 3.8) is 0 Å². The first-order valence-corrected chi connectivity index (χ1v) is 9.54. The fraction of sp³-hybridized carbons (Fsp3) is 0.286. The molecule has 0 aromatic heterocycles. The Kier molecular flexibility index (Phi) is 4.68.